The molecule has 0 saturated heterocycles. The number of hydrogen-bond acceptors (Lipinski definition) is 3. The zero-order valence-electron chi connectivity index (χ0n) is 13.7. The lowest BCUT2D eigenvalue weighted by atomic mass is 10.3. The molecule has 0 bridgehead atoms. The number of aryl methyl sites for hydroxylation is 1. The average Bonchev–Trinajstić information content (AvgIpc) is 2.95. The van der Waals surface area contributed by atoms with Crippen molar-refractivity contribution in [2.75, 3.05) is 18.4 Å². The van der Waals surface area contributed by atoms with Crippen molar-refractivity contribution in [2.45, 2.75) is 13.5 Å². The highest BCUT2D eigenvalue weighted by molar-refractivity contribution is 5.94. The van der Waals surface area contributed by atoms with Gasteiger partial charge >= 0.3 is 0 Å². The molecule has 3 N–H and O–H groups in total. The minimum absolute atomic E-state index is 0.0216. The Morgan fingerprint density at radius 2 is 2.17 bits per heavy atom. The number of nitrogens with zero attached hydrogens (tertiary/aromatic N) is 3. The molecule has 1 aromatic heterocycles. The Labute approximate surface area is 140 Å². The van der Waals surface area contributed by atoms with Crippen LogP contribution >= 0.6 is 0 Å². The average molecular weight is 332 g/mol. The number of nitrogens with one attached hydrogen (secondary N) is 3. The number of aliphatic imine (C=N–C) groups is 1. The molecule has 0 radical (unpaired) electrons. The highest BCUT2D eigenvalue weighted by atomic mass is 19.1. The van der Waals surface area contributed by atoms with Gasteiger partial charge in [-0.05, 0) is 31.2 Å². The summed E-state index contributed by atoms with van der Waals surface area (Å²) in [5.41, 5.74) is 1.37. The molecule has 0 aliphatic carbocycles. The summed E-state index contributed by atoms with van der Waals surface area (Å²) < 4.78 is 14.8. The van der Waals surface area contributed by atoms with Gasteiger partial charge < -0.3 is 16.0 Å². The summed E-state index contributed by atoms with van der Waals surface area (Å²) >= 11 is 0. The van der Waals surface area contributed by atoms with Gasteiger partial charge in [0, 0.05) is 25.5 Å². The Bertz CT molecular complexity index is 712. The molecule has 0 saturated carbocycles. The molecule has 8 heteroatoms. The fourth-order valence-electron chi connectivity index (χ4n) is 1.99. The first-order chi connectivity index (χ1) is 11.6. The summed E-state index contributed by atoms with van der Waals surface area (Å²) in [6.45, 7) is 3.07. The normalized spacial score (nSPS) is 11.2. The molecule has 0 aliphatic rings. The van der Waals surface area contributed by atoms with E-state index in [1.54, 1.807) is 16.9 Å². The SMILES string of the molecule is CCNC(=NCc1ccnn1C)NCC(=O)Nc1cccc(F)c1. The Hall–Kier alpha value is -2.90. The molecular weight excluding hydrogens is 311 g/mol. The summed E-state index contributed by atoms with van der Waals surface area (Å²) in [6.07, 6.45) is 1.71. The number of carbonyl (C=O) groups is 1. The lowest BCUT2D eigenvalue weighted by molar-refractivity contribution is -0.115. The van der Waals surface area contributed by atoms with Crippen LogP contribution in [0.1, 0.15) is 12.6 Å². The topological polar surface area (TPSA) is 83.3 Å². The van der Waals surface area contributed by atoms with E-state index in [0.29, 0.717) is 24.7 Å². The second kappa shape index (κ2) is 8.66. The van der Waals surface area contributed by atoms with Crippen molar-refractivity contribution in [3.05, 3.63) is 48.0 Å². The molecule has 0 spiro atoms. The molecule has 2 aromatic rings. The van der Waals surface area contributed by atoms with Crippen LogP contribution in [0.25, 0.3) is 0 Å². The molecule has 24 heavy (non-hydrogen) atoms. The second-order valence-electron chi connectivity index (χ2n) is 5.05. The Morgan fingerprint density at radius 1 is 1.33 bits per heavy atom. The maximum absolute atomic E-state index is 13.1. The van der Waals surface area contributed by atoms with E-state index in [1.165, 1.54) is 18.2 Å². The third kappa shape index (κ3) is 5.38. The number of carbonyl (C=O) groups excluding carboxylic acids is 1. The lowest BCUT2D eigenvalue weighted by Crippen LogP contribution is -2.41. The van der Waals surface area contributed by atoms with Gasteiger partial charge in [0.2, 0.25) is 5.91 Å². The molecule has 0 fully saturated rings. The van der Waals surface area contributed by atoms with Crippen LogP contribution in [0.2, 0.25) is 0 Å². The monoisotopic (exact) mass is 332 g/mol. The van der Waals surface area contributed by atoms with Crippen molar-refractivity contribution in [3.8, 4) is 0 Å². The van der Waals surface area contributed by atoms with E-state index in [0.717, 1.165) is 5.69 Å². The minimum Gasteiger partial charge on any atom is -0.357 e. The van der Waals surface area contributed by atoms with Gasteiger partial charge in [0.1, 0.15) is 5.82 Å². The molecule has 2 rings (SSSR count). The maximum atomic E-state index is 13.1. The first kappa shape index (κ1) is 17.5. The first-order valence-electron chi connectivity index (χ1n) is 7.63. The molecule has 128 valence electrons. The number of aromatic nitrogens is 2. The Balaban J connectivity index is 1.88. The molecule has 1 aromatic carbocycles. The summed E-state index contributed by atoms with van der Waals surface area (Å²) in [4.78, 5) is 16.3. The Morgan fingerprint density at radius 3 is 2.83 bits per heavy atom. The van der Waals surface area contributed by atoms with E-state index in [-0.39, 0.29) is 12.5 Å². The van der Waals surface area contributed by atoms with Gasteiger partial charge in [-0.2, -0.15) is 5.10 Å². The number of rotatable bonds is 6. The number of guanidine groups is 1. The number of halogens is 1. The summed E-state index contributed by atoms with van der Waals surface area (Å²) in [5.74, 6) is -0.160. The van der Waals surface area contributed by atoms with Gasteiger partial charge in [-0.1, -0.05) is 6.07 Å². The Kier molecular flexibility index (Phi) is 6.30. The molecule has 0 atom stereocenters. The van der Waals surface area contributed by atoms with Crippen molar-refractivity contribution in [2.24, 2.45) is 12.0 Å². The molecular formula is C16H21FN6O. The van der Waals surface area contributed by atoms with E-state index in [1.807, 2.05) is 20.0 Å². The van der Waals surface area contributed by atoms with Crippen LogP contribution in [0.4, 0.5) is 10.1 Å². The van der Waals surface area contributed by atoms with Gasteiger partial charge in [0.25, 0.3) is 0 Å². The fourth-order valence-corrected chi connectivity index (χ4v) is 1.99. The van der Waals surface area contributed by atoms with Gasteiger partial charge in [-0.15, -0.1) is 0 Å². The summed E-state index contributed by atoms with van der Waals surface area (Å²) in [7, 11) is 1.84. The van der Waals surface area contributed by atoms with Crippen molar-refractivity contribution >= 4 is 17.6 Å². The smallest absolute Gasteiger partial charge is 0.243 e. The third-order valence-corrected chi connectivity index (χ3v) is 3.19. The molecule has 0 unspecified atom stereocenters. The zero-order chi connectivity index (χ0) is 17.4. The van der Waals surface area contributed by atoms with Crippen LogP contribution in [-0.4, -0.2) is 34.7 Å². The predicted octanol–water partition coefficient (Wildman–Crippen LogP) is 1.25. The maximum Gasteiger partial charge on any atom is 0.243 e. The van der Waals surface area contributed by atoms with Gasteiger partial charge in [0.05, 0.1) is 18.8 Å². The van der Waals surface area contributed by atoms with Crippen LogP contribution in [0.5, 0.6) is 0 Å². The minimum atomic E-state index is -0.396. The lowest BCUT2D eigenvalue weighted by Gasteiger charge is -2.11. The van der Waals surface area contributed by atoms with Gasteiger partial charge in [-0.25, -0.2) is 9.38 Å². The first-order valence-corrected chi connectivity index (χ1v) is 7.63. The zero-order valence-corrected chi connectivity index (χ0v) is 13.7. The summed E-state index contributed by atoms with van der Waals surface area (Å²) in [6, 6.07) is 7.63. The van der Waals surface area contributed by atoms with E-state index in [4.69, 9.17) is 0 Å². The van der Waals surface area contributed by atoms with Crippen molar-refractivity contribution in [1.82, 2.24) is 20.4 Å². The molecule has 1 heterocycles. The van der Waals surface area contributed by atoms with Crippen LogP contribution in [0, 0.1) is 5.82 Å². The largest absolute Gasteiger partial charge is 0.357 e. The van der Waals surface area contributed by atoms with E-state index < -0.39 is 5.82 Å². The fraction of sp³-hybridized carbons (Fsp3) is 0.312. The van der Waals surface area contributed by atoms with Crippen molar-refractivity contribution in [1.29, 1.82) is 0 Å². The van der Waals surface area contributed by atoms with Crippen molar-refractivity contribution < 1.29 is 9.18 Å². The number of amides is 1. The van der Waals surface area contributed by atoms with Crippen LogP contribution in [0.15, 0.2) is 41.5 Å². The van der Waals surface area contributed by atoms with Crippen LogP contribution in [0.3, 0.4) is 0 Å². The van der Waals surface area contributed by atoms with E-state index in [9.17, 15) is 9.18 Å². The molecule has 7 nitrogen and oxygen atoms in total. The van der Waals surface area contributed by atoms with E-state index >= 15 is 0 Å². The van der Waals surface area contributed by atoms with Crippen LogP contribution in [-0.2, 0) is 18.4 Å². The number of anilines is 1. The van der Waals surface area contributed by atoms with Gasteiger partial charge in [0.15, 0.2) is 5.96 Å². The molecule has 1 amide bonds. The summed E-state index contributed by atoms with van der Waals surface area (Å²) in [5, 5.41) is 12.7. The van der Waals surface area contributed by atoms with Crippen LogP contribution < -0.4 is 16.0 Å². The highest BCUT2D eigenvalue weighted by Crippen LogP contribution is 2.08. The second-order valence-corrected chi connectivity index (χ2v) is 5.05. The number of benzene rings is 1. The predicted molar refractivity (Wildman–Crippen MR) is 91.1 cm³/mol. The standard InChI is InChI=1S/C16H21FN6O/c1-3-18-16(19-10-14-7-8-21-23(14)2)20-11-15(24)22-13-6-4-5-12(17)9-13/h4-9H,3,10-11H2,1-2H3,(H,22,24)(H2,18,19,20). The molecule has 0 aliphatic heterocycles. The third-order valence-electron chi connectivity index (χ3n) is 3.19. The number of hydrogen-bond donors (Lipinski definition) is 3. The van der Waals surface area contributed by atoms with Gasteiger partial charge in [-0.3, -0.25) is 9.48 Å². The van der Waals surface area contributed by atoms with E-state index in [2.05, 4.69) is 26.0 Å². The highest BCUT2D eigenvalue weighted by Gasteiger charge is 2.05. The quantitative estimate of drug-likeness (QED) is 0.549. The van der Waals surface area contributed by atoms with Crippen molar-refractivity contribution in [3.63, 3.8) is 0 Å².